The first-order valence-corrected chi connectivity index (χ1v) is 9.59. The Hall–Kier alpha value is -0.230. The second-order valence-electron chi connectivity index (χ2n) is 4.58. The summed E-state index contributed by atoms with van der Waals surface area (Å²) in [7, 11) is -2.94. The normalized spacial score (nSPS) is 13.5. The first-order valence-electron chi connectivity index (χ1n) is 6.17. The van der Waals surface area contributed by atoms with Crippen LogP contribution < -0.4 is 5.73 Å². The molecule has 0 fully saturated rings. The van der Waals surface area contributed by atoms with E-state index in [1.807, 2.05) is 25.1 Å². The van der Waals surface area contributed by atoms with E-state index in [9.17, 15) is 8.42 Å². The lowest BCUT2D eigenvalue weighted by atomic mass is 10.0. The molecule has 19 heavy (non-hydrogen) atoms. The Morgan fingerprint density at radius 3 is 2.68 bits per heavy atom. The highest BCUT2D eigenvalue weighted by Crippen LogP contribution is 2.31. The van der Waals surface area contributed by atoms with Crippen LogP contribution in [0.1, 0.15) is 18.9 Å². The van der Waals surface area contributed by atoms with Crippen molar-refractivity contribution in [1.29, 1.82) is 0 Å². The molecule has 0 saturated heterocycles. The van der Waals surface area contributed by atoms with Gasteiger partial charge in [-0.15, -0.1) is 11.8 Å². The van der Waals surface area contributed by atoms with E-state index >= 15 is 0 Å². The highest BCUT2D eigenvalue weighted by molar-refractivity contribution is 8.00. The van der Waals surface area contributed by atoms with Gasteiger partial charge in [0.15, 0.2) is 0 Å². The summed E-state index contributed by atoms with van der Waals surface area (Å²) in [6.07, 6.45) is 2.91. The minimum Gasteiger partial charge on any atom is -0.327 e. The summed E-state index contributed by atoms with van der Waals surface area (Å²) in [5.74, 6) is 0.666. The Kier molecular flexibility index (Phi) is 6.66. The van der Waals surface area contributed by atoms with Crippen LogP contribution in [-0.2, 0) is 16.3 Å². The highest BCUT2D eigenvalue weighted by atomic mass is 35.5. The number of hydrogen-bond donors (Lipinski definition) is 1. The predicted molar refractivity (Wildman–Crippen MR) is 83.9 cm³/mol. The van der Waals surface area contributed by atoms with Crippen LogP contribution in [0.5, 0.6) is 0 Å². The maximum absolute atomic E-state index is 11.1. The van der Waals surface area contributed by atoms with E-state index in [1.54, 1.807) is 0 Å². The van der Waals surface area contributed by atoms with E-state index in [0.717, 1.165) is 23.3 Å². The van der Waals surface area contributed by atoms with Gasteiger partial charge in [0.2, 0.25) is 0 Å². The van der Waals surface area contributed by atoms with Crippen LogP contribution in [0.25, 0.3) is 0 Å². The van der Waals surface area contributed by atoms with E-state index in [-0.39, 0.29) is 11.8 Å². The molecular formula is C13H20ClNO2S2. The lowest BCUT2D eigenvalue weighted by molar-refractivity contribution is 0.603. The third-order valence-electron chi connectivity index (χ3n) is 2.76. The van der Waals surface area contributed by atoms with Crippen molar-refractivity contribution in [3.05, 3.63) is 28.8 Å². The van der Waals surface area contributed by atoms with Gasteiger partial charge in [-0.1, -0.05) is 30.7 Å². The van der Waals surface area contributed by atoms with Gasteiger partial charge < -0.3 is 5.73 Å². The molecule has 0 saturated carbocycles. The quantitative estimate of drug-likeness (QED) is 0.784. The Labute approximate surface area is 124 Å². The Morgan fingerprint density at radius 1 is 1.42 bits per heavy atom. The molecule has 1 aromatic rings. The molecule has 1 unspecified atom stereocenters. The van der Waals surface area contributed by atoms with Gasteiger partial charge in [-0.05, 0) is 24.5 Å². The van der Waals surface area contributed by atoms with Crippen LogP contribution >= 0.6 is 23.4 Å². The second kappa shape index (κ2) is 7.53. The molecule has 0 heterocycles. The van der Waals surface area contributed by atoms with Crippen LogP contribution in [0.4, 0.5) is 0 Å². The second-order valence-corrected chi connectivity index (χ2v) is 8.35. The topological polar surface area (TPSA) is 60.2 Å². The molecule has 2 N–H and O–H groups in total. The number of rotatable bonds is 7. The smallest absolute Gasteiger partial charge is 0.148 e. The largest absolute Gasteiger partial charge is 0.327 e. The van der Waals surface area contributed by atoms with E-state index < -0.39 is 9.84 Å². The van der Waals surface area contributed by atoms with Gasteiger partial charge in [0.1, 0.15) is 9.84 Å². The molecule has 108 valence electrons. The average molecular weight is 322 g/mol. The monoisotopic (exact) mass is 321 g/mol. The molecule has 1 aromatic carbocycles. The minimum atomic E-state index is -2.94. The van der Waals surface area contributed by atoms with E-state index in [1.165, 1.54) is 18.0 Å². The number of halogens is 1. The van der Waals surface area contributed by atoms with Crippen LogP contribution in [0.3, 0.4) is 0 Å². The summed E-state index contributed by atoms with van der Waals surface area (Å²) in [5.41, 5.74) is 7.07. The van der Waals surface area contributed by atoms with Gasteiger partial charge in [0.25, 0.3) is 0 Å². The first-order chi connectivity index (χ1) is 8.83. The van der Waals surface area contributed by atoms with Crippen LogP contribution in [0.15, 0.2) is 23.1 Å². The Bertz CT molecular complexity index is 517. The summed E-state index contributed by atoms with van der Waals surface area (Å²) in [5, 5.41) is 0.666. The standard InChI is InChI=1S/C13H20ClNO2S2/c1-3-11(15)9-10-5-4-6-12(14)13(10)18-7-8-19(2,16)17/h4-6,11H,3,7-9,15H2,1-2H3. The maximum Gasteiger partial charge on any atom is 0.148 e. The molecule has 0 aromatic heterocycles. The van der Waals surface area contributed by atoms with E-state index in [2.05, 4.69) is 0 Å². The number of sulfone groups is 1. The van der Waals surface area contributed by atoms with Gasteiger partial charge in [-0.2, -0.15) is 0 Å². The fraction of sp³-hybridized carbons (Fsp3) is 0.538. The maximum atomic E-state index is 11.1. The van der Waals surface area contributed by atoms with E-state index in [0.29, 0.717) is 10.8 Å². The molecule has 1 rings (SSSR count). The third kappa shape index (κ3) is 6.17. The van der Waals surface area contributed by atoms with Crippen molar-refractivity contribution in [3.8, 4) is 0 Å². The van der Waals surface area contributed by atoms with Crippen LogP contribution in [0.2, 0.25) is 5.02 Å². The van der Waals surface area contributed by atoms with Crippen molar-refractivity contribution < 1.29 is 8.42 Å². The molecule has 0 aliphatic rings. The van der Waals surface area contributed by atoms with Gasteiger partial charge in [0, 0.05) is 22.9 Å². The first kappa shape index (κ1) is 16.8. The lowest BCUT2D eigenvalue weighted by Crippen LogP contribution is -2.21. The fourth-order valence-electron chi connectivity index (χ4n) is 1.60. The molecule has 0 aliphatic heterocycles. The van der Waals surface area contributed by atoms with Crippen molar-refractivity contribution in [2.24, 2.45) is 5.73 Å². The predicted octanol–water partition coefficient (Wildman–Crippen LogP) is 2.76. The fourth-order valence-corrected chi connectivity index (χ4v) is 4.25. The number of benzene rings is 1. The summed E-state index contributed by atoms with van der Waals surface area (Å²) in [6.45, 7) is 2.05. The van der Waals surface area contributed by atoms with Gasteiger partial charge in [-0.25, -0.2) is 8.42 Å². The molecule has 0 radical (unpaired) electrons. The summed E-state index contributed by atoms with van der Waals surface area (Å²) in [6, 6.07) is 5.84. The molecule has 0 amide bonds. The molecular weight excluding hydrogens is 302 g/mol. The zero-order valence-electron chi connectivity index (χ0n) is 11.2. The zero-order chi connectivity index (χ0) is 14.5. The summed E-state index contributed by atoms with van der Waals surface area (Å²) < 4.78 is 22.3. The zero-order valence-corrected chi connectivity index (χ0v) is 13.6. The molecule has 1 atom stereocenters. The highest BCUT2D eigenvalue weighted by Gasteiger charge is 2.12. The number of hydrogen-bond acceptors (Lipinski definition) is 4. The van der Waals surface area contributed by atoms with Gasteiger partial charge in [0.05, 0.1) is 10.8 Å². The Balaban J connectivity index is 2.80. The molecule has 6 heteroatoms. The third-order valence-corrected chi connectivity index (χ3v) is 5.57. The molecule has 3 nitrogen and oxygen atoms in total. The minimum absolute atomic E-state index is 0.104. The molecule has 0 spiro atoms. The molecule has 0 bridgehead atoms. The van der Waals surface area contributed by atoms with Crippen LogP contribution in [0, 0.1) is 0 Å². The lowest BCUT2D eigenvalue weighted by Gasteiger charge is -2.14. The number of thioether (sulfide) groups is 1. The number of nitrogens with two attached hydrogens (primary N) is 1. The van der Waals surface area contributed by atoms with Crippen molar-refractivity contribution in [1.82, 2.24) is 0 Å². The van der Waals surface area contributed by atoms with Crippen molar-refractivity contribution >= 4 is 33.2 Å². The van der Waals surface area contributed by atoms with Crippen LogP contribution in [-0.4, -0.2) is 32.2 Å². The summed E-state index contributed by atoms with van der Waals surface area (Å²) in [4.78, 5) is 0.955. The summed E-state index contributed by atoms with van der Waals surface area (Å²) >= 11 is 7.68. The van der Waals surface area contributed by atoms with Crippen molar-refractivity contribution in [2.75, 3.05) is 17.8 Å². The SMILES string of the molecule is CCC(N)Cc1cccc(Cl)c1SCCS(C)(=O)=O. The van der Waals surface area contributed by atoms with Gasteiger partial charge >= 0.3 is 0 Å². The average Bonchev–Trinajstić information content (AvgIpc) is 2.31. The molecule has 0 aliphatic carbocycles. The van der Waals surface area contributed by atoms with Crippen molar-refractivity contribution in [3.63, 3.8) is 0 Å². The Morgan fingerprint density at radius 2 is 2.11 bits per heavy atom. The van der Waals surface area contributed by atoms with E-state index in [4.69, 9.17) is 17.3 Å². The van der Waals surface area contributed by atoms with Gasteiger partial charge in [-0.3, -0.25) is 0 Å². The van der Waals surface area contributed by atoms with Crippen molar-refractivity contribution in [2.45, 2.75) is 30.7 Å².